The molecule has 1 aromatic heterocycles. The first-order valence-corrected chi connectivity index (χ1v) is 7.57. The second-order valence-corrected chi connectivity index (χ2v) is 5.73. The van der Waals surface area contributed by atoms with E-state index in [1.165, 1.54) is 16.5 Å². The van der Waals surface area contributed by atoms with Gasteiger partial charge in [0, 0.05) is 29.7 Å². The second-order valence-electron chi connectivity index (χ2n) is 5.73. The quantitative estimate of drug-likeness (QED) is 0.913. The summed E-state index contributed by atoms with van der Waals surface area (Å²) in [5.41, 5.74) is 4.77. The molecule has 0 bridgehead atoms. The molecule has 0 radical (unpaired) electrons. The van der Waals surface area contributed by atoms with E-state index in [2.05, 4.69) is 37.0 Å². The van der Waals surface area contributed by atoms with Crippen molar-refractivity contribution in [1.29, 1.82) is 0 Å². The van der Waals surface area contributed by atoms with Gasteiger partial charge in [-0.05, 0) is 49.4 Å². The van der Waals surface area contributed by atoms with Gasteiger partial charge in [0.25, 0.3) is 0 Å². The Labute approximate surface area is 120 Å². The summed E-state index contributed by atoms with van der Waals surface area (Å²) in [6, 6.07) is 6.51. The Morgan fingerprint density at radius 2 is 2.05 bits per heavy atom. The van der Waals surface area contributed by atoms with Crippen molar-refractivity contribution in [2.45, 2.75) is 39.5 Å². The van der Waals surface area contributed by atoms with E-state index < -0.39 is 0 Å². The number of hydrogen-bond donors (Lipinski definition) is 1. The van der Waals surface area contributed by atoms with Crippen molar-refractivity contribution in [3.63, 3.8) is 0 Å². The normalized spacial score (nSPS) is 15.2. The van der Waals surface area contributed by atoms with Crippen LogP contribution in [0.3, 0.4) is 0 Å². The first-order chi connectivity index (χ1) is 9.69. The Hall–Kier alpha value is -1.77. The zero-order valence-corrected chi connectivity index (χ0v) is 12.3. The molecule has 1 amide bonds. The lowest BCUT2D eigenvalue weighted by atomic mass is 10.0. The minimum absolute atomic E-state index is 0.272. The van der Waals surface area contributed by atoms with Gasteiger partial charge >= 0.3 is 0 Å². The maximum atomic E-state index is 12.4. The van der Waals surface area contributed by atoms with Crippen LogP contribution in [0.5, 0.6) is 0 Å². The number of rotatable bonds is 3. The van der Waals surface area contributed by atoms with Crippen molar-refractivity contribution in [2.24, 2.45) is 0 Å². The van der Waals surface area contributed by atoms with Crippen LogP contribution in [0, 0.1) is 6.92 Å². The van der Waals surface area contributed by atoms with Gasteiger partial charge in [-0.1, -0.05) is 13.0 Å². The van der Waals surface area contributed by atoms with Crippen molar-refractivity contribution >= 4 is 16.8 Å². The van der Waals surface area contributed by atoms with Crippen LogP contribution in [-0.4, -0.2) is 28.9 Å². The summed E-state index contributed by atoms with van der Waals surface area (Å²) >= 11 is 0. The fraction of sp³-hybridized carbons (Fsp3) is 0.471. The average molecular weight is 270 g/mol. The summed E-state index contributed by atoms with van der Waals surface area (Å²) < 4.78 is 0. The molecule has 1 N–H and O–H groups in total. The number of carbonyl (C=O) groups is 1. The Bertz CT molecular complexity index is 636. The number of aromatic amines is 1. The molecule has 0 spiro atoms. The second kappa shape index (κ2) is 5.31. The lowest BCUT2D eigenvalue weighted by molar-refractivity contribution is -0.129. The van der Waals surface area contributed by atoms with E-state index in [0.717, 1.165) is 43.6 Å². The highest BCUT2D eigenvalue weighted by Crippen LogP contribution is 2.25. The molecular formula is C17H22N2O. The Morgan fingerprint density at radius 3 is 2.75 bits per heavy atom. The van der Waals surface area contributed by atoms with Gasteiger partial charge in [-0.2, -0.15) is 0 Å². The van der Waals surface area contributed by atoms with E-state index in [0.29, 0.717) is 6.42 Å². The monoisotopic (exact) mass is 270 g/mol. The van der Waals surface area contributed by atoms with Gasteiger partial charge in [-0.15, -0.1) is 0 Å². The number of aryl methyl sites for hydroxylation is 2. The third-order valence-corrected chi connectivity index (χ3v) is 4.38. The molecule has 0 atom stereocenters. The molecular weight excluding hydrogens is 248 g/mol. The molecule has 3 heteroatoms. The molecule has 0 saturated carbocycles. The summed E-state index contributed by atoms with van der Waals surface area (Å²) in [5, 5.41) is 1.22. The molecule has 3 nitrogen and oxygen atoms in total. The number of nitrogens with one attached hydrogen (secondary N) is 1. The largest absolute Gasteiger partial charge is 0.358 e. The number of fused-ring (bicyclic) bond motifs is 1. The van der Waals surface area contributed by atoms with Crippen molar-refractivity contribution in [2.75, 3.05) is 13.1 Å². The van der Waals surface area contributed by atoms with Crippen LogP contribution in [0.2, 0.25) is 0 Å². The first-order valence-electron chi connectivity index (χ1n) is 7.57. The highest BCUT2D eigenvalue weighted by atomic mass is 16.2. The molecule has 20 heavy (non-hydrogen) atoms. The summed E-state index contributed by atoms with van der Waals surface area (Å²) in [6.45, 7) is 6.09. The van der Waals surface area contributed by atoms with Crippen molar-refractivity contribution in [3.05, 3.63) is 35.0 Å². The fourth-order valence-electron chi connectivity index (χ4n) is 3.11. The summed E-state index contributed by atoms with van der Waals surface area (Å²) in [6.07, 6.45) is 3.86. The zero-order chi connectivity index (χ0) is 14.1. The molecule has 1 aromatic carbocycles. The maximum Gasteiger partial charge on any atom is 0.227 e. The molecule has 0 aliphatic carbocycles. The maximum absolute atomic E-state index is 12.4. The van der Waals surface area contributed by atoms with Crippen LogP contribution in [0.1, 0.15) is 36.6 Å². The van der Waals surface area contributed by atoms with Gasteiger partial charge in [0.15, 0.2) is 0 Å². The number of amides is 1. The van der Waals surface area contributed by atoms with Gasteiger partial charge in [-0.3, -0.25) is 4.79 Å². The number of likely N-dealkylation sites (tertiary alicyclic amines) is 1. The predicted molar refractivity (Wildman–Crippen MR) is 81.9 cm³/mol. The van der Waals surface area contributed by atoms with Crippen molar-refractivity contribution in [3.8, 4) is 0 Å². The van der Waals surface area contributed by atoms with Crippen LogP contribution >= 0.6 is 0 Å². The molecule has 1 aliphatic rings. The number of hydrogen-bond acceptors (Lipinski definition) is 1. The topological polar surface area (TPSA) is 36.1 Å². The van der Waals surface area contributed by atoms with E-state index in [1.54, 1.807) is 0 Å². The Kier molecular flexibility index (Phi) is 3.51. The molecule has 0 unspecified atom stereocenters. The van der Waals surface area contributed by atoms with Crippen LogP contribution in [0.4, 0.5) is 0 Å². The van der Waals surface area contributed by atoms with Gasteiger partial charge in [0.1, 0.15) is 0 Å². The SMILES string of the molecule is CCc1ccc2[nH]c(C)c(CC(=O)N3CCCC3)c2c1. The predicted octanol–water partition coefficient (Wildman–Crippen LogP) is 3.20. The summed E-state index contributed by atoms with van der Waals surface area (Å²) in [5.74, 6) is 0.272. The average Bonchev–Trinajstić information content (AvgIpc) is 3.07. The van der Waals surface area contributed by atoms with Gasteiger partial charge in [-0.25, -0.2) is 0 Å². The van der Waals surface area contributed by atoms with E-state index in [-0.39, 0.29) is 5.91 Å². The summed E-state index contributed by atoms with van der Waals surface area (Å²) in [7, 11) is 0. The number of aromatic nitrogens is 1. The zero-order valence-electron chi connectivity index (χ0n) is 12.3. The Morgan fingerprint density at radius 1 is 1.30 bits per heavy atom. The first kappa shape index (κ1) is 13.2. The molecule has 1 aliphatic heterocycles. The van der Waals surface area contributed by atoms with Crippen molar-refractivity contribution in [1.82, 2.24) is 9.88 Å². The van der Waals surface area contributed by atoms with Gasteiger partial charge in [0.2, 0.25) is 5.91 Å². The van der Waals surface area contributed by atoms with E-state index in [9.17, 15) is 4.79 Å². The number of carbonyl (C=O) groups excluding carboxylic acids is 1. The summed E-state index contributed by atoms with van der Waals surface area (Å²) in [4.78, 5) is 17.8. The molecule has 2 heterocycles. The third kappa shape index (κ3) is 2.33. The highest BCUT2D eigenvalue weighted by Gasteiger charge is 2.20. The number of nitrogens with zero attached hydrogens (tertiary/aromatic N) is 1. The molecule has 2 aromatic rings. The van der Waals surface area contributed by atoms with Crippen LogP contribution in [0.25, 0.3) is 10.9 Å². The van der Waals surface area contributed by atoms with Crippen molar-refractivity contribution < 1.29 is 4.79 Å². The highest BCUT2D eigenvalue weighted by molar-refractivity contribution is 5.90. The smallest absolute Gasteiger partial charge is 0.227 e. The lowest BCUT2D eigenvalue weighted by Crippen LogP contribution is -2.29. The van der Waals surface area contributed by atoms with Crippen LogP contribution < -0.4 is 0 Å². The Balaban J connectivity index is 1.93. The standard InChI is InChI=1S/C17H22N2O/c1-3-13-6-7-16-15(10-13)14(12(2)18-16)11-17(20)19-8-4-5-9-19/h6-7,10,18H,3-5,8-9,11H2,1-2H3. The molecule has 106 valence electrons. The van der Waals surface area contributed by atoms with E-state index >= 15 is 0 Å². The van der Waals surface area contributed by atoms with Crippen LogP contribution in [-0.2, 0) is 17.6 Å². The molecule has 1 saturated heterocycles. The third-order valence-electron chi connectivity index (χ3n) is 4.38. The van der Waals surface area contributed by atoms with Gasteiger partial charge < -0.3 is 9.88 Å². The number of benzene rings is 1. The fourth-order valence-corrected chi connectivity index (χ4v) is 3.11. The van der Waals surface area contributed by atoms with E-state index in [4.69, 9.17) is 0 Å². The van der Waals surface area contributed by atoms with Gasteiger partial charge in [0.05, 0.1) is 6.42 Å². The minimum Gasteiger partial charge on any atom is -0.358 e. The lowest BCUT2D eigenvalue weighted by Gasteiger charge is -2.15. The number of H-pyrrole nitrogens is 1. The molecule has 1 fully saturated rings. The minimum atomic E-state index is 0.272. The van der Waals surface area contributed by atoms with Crippen LogP contribution in [0.15, 0.2) is 18.2 Å². The van der Waals surface area contributed by atoms with E-state index in [1.807, 2.05) is 4.90 Å². The molecule has 3 rings (SSSR count).